The molecule has 2 fully saturated rings. The Balaban J connectivity index is 1.74. The molecular weight excluding hydrogens is 264 g/mol. The van der Waals surface area contributed by atoms with Crippen LogP contribution in [-0.2, 0) is 6.54 Å². The number of nitrogens with zero attached hydrogens (tertiary/aromatic N) is 1. The van der Waals surface area contributed by atoms with Gasteiger partial charge in [0.25, 0.3) is 0 Å². The monoisotopic (exact) mass is 288 g/mol. The maximum Gasteiger partial charge on any atom is 0.159 e. The van der Waals surface area contributed by atoms with Crippen LogP contribution >= 0.6 is 0 Å². The van der Waals surface area contributed by atoms with Gasteiger partial charge in [0.2, 0.25) is 0 Å². The zero-order chi connectivity index (χ0) is 14.8. The molecule has 0 bridgehead atoms. The second kappa shape index (κ2) is 6.16. The molecule has 21 heavy (non-hydrogen) atoms. The standard InChI is InChI=1S/C17H24N2O2/c1-12(20)13-5-6-17(21-2)15(8-13)10-19-9-14-4-3-7-18-16(14)11-19/h5-6,8,14,16,18H,3-4,7,9-11H2,1-2H3/t14-,16+/m0/s1. The minimum atomic E-state index is 0.107. The minimum absolute atomic E-state index is 0.107. The molecule has 2 aliphatic heterocycles. The molecule has 1 N–H and O–H groups in total. The Morgan fingerprint density at radius 1 is 1.43 bits per heavy atom. The summed E-state index contributed by atoms with van der Waals surface area (Å²) in [4.78, 5) is 14.1. The molecule has 1 aromatic rings. The van der Waals surface area contributed by atoms with Crippen LogP contribution in [0.1, 0.15) is 35.7 Å². The molecule has 4 heteroatoms. The van der Waals surface area contributed by atoms with Crippen molar-refractivity contribution in [3.8, 4) is 5.75 Å². The van der Waals surface area contributed by atoms with Crippen molar-refractivity contribution in [2.45, 2.75) is 32.4 Å². The highest BCUT2D eigenvalue weighted by molar-refractivity contribution is 5.94. The van der Waals surface area contributed by atoms with Crippen molar-refractivity contribution in [2.75, 3.05) is 26.7 Å². The van der Waals surface area contributed by atoms with E-state index in [1.165, 1.54) is 12.8 Å². The number of carbonyl (C=O) groups excluding carboxylic acids is 1. The maximum atomic E-state index is 11.6. The number of rotatable bonds is 4. The summed E-state index contributed by atoms with van der Waals surface area (Å²) >= 11 is 0. The summed E-state index contributed by atoms with van der Waals surface area (Å²) in [5.41, 5.74) is 1.88. The Morgan fingerprint density at radius 3 is 3.00 bits per heavy atom. The van der Waals surface area contributed by atoms with Crippen molar-refractivity contribution in [3.05, 3.63) is 29.3 Å². The minimum Gasteiger partial charge on any atom is -0.496 e. The van der Waals surface area contributed by atoms with Crippen molar-refractivity contribution in [2.24, 2.45) is 5.92 Å². The molecule has 2 heterocycles. The van der Waals surface area contributed by atoms with Crippen LogP contribution in [0.25, 0.3) is 0 Å². The Hall–Kier alpha value is -1.39. The number of ether oxygens (including phenoxy) is 1. The first-order valence-electron chi connectivity index (χ1n) is 7.81. The largest absolute Gasteiger partial charge is 0.496 e. The van der Waals surface area contributed by atoms with Gasteiger partial charge in [0.05, 0.1) is 7.11 Å². The smallest absolute Gasteiger partial charge is 0.159 e. The van der Waals surface area contributed by atoms with Gasteiger partial charge in [-0.3, -0.25) is 9.69 Å². The molecule has 0 unspecified atom stereocenters. The third-order valence-corrected chi connectivity index (χ3v) is 4.76. The summed E-state index contributed by atoms with van der Waals surface area (Å²) in [5.74, 6) is 1.76. The van der Waals surface area contributed by atoms with Crippen LogP contribution in [0.2, 0.25) is 0 Å². The first kappa shape index (κ1) is 14.5. The Morgan fingerprint density at radius 2 is 2.29 bits per heavy atom. The number of hydrogen-bond donors (Lipinski definition) is 1. The molecule has 2 atom stereocenters. The summed E-state index contributed by atoms with van der Waals surface area (Å²) in [5, 5.41) is 3.63. The SMILES string of the molecule is COc1ccc(C(C)=O)cc1CN1C[C@@H]2CCCN[C@@H]2C1. The fraction of sp³-hybridized carbons (Fsp3) is 0.588. The molecule has 3 rings (SSSR count). The summed E-state index contributed by atoms with van der Waals surface area (Å²) in [7, 11) is 1.69. The van der Waals surface area contributed by atoms with Gasteiger partial charge >= 0.3 is 0 Å². The summed E-state index contributed by atoms with van der Waals surface area (Å²) in [6.45, 7) is 5.86. The molecule has 1 aromatic carbocycles. The number of likely N-dealkylation sites (tertiary alicyclic amines) is 1. The molecule has 2 aliphatic rings. The fourth-order valence-corrected chi connectivity index (χ4v) is 3.63. The number of nitrogens with one attached hydrogen (secondary N) is 1. The van der Waals surface area contributed by atoms with Gasteiger partial charge in [-0.05, 0) is 50.4 Å². The second-order valence-electron chi connectivity index (χ2n) is 6.24. The van der Waals surface area contributed by atoms with Gasteiger partial charge in [0.15, 0.2) is 5.78 Å². The lowest BCUT2D eigenvalue weighted by molar-refractivity contribution is 0.101. The number of hydrogen-bond acceptors (Lipinski definition) is 4. The Kier molecular flexibility index (Phi) is 4.27. The molecule has 0 spiro atoms. The fourth-order valence-electron chi connectivity index (χ4n) is 3.63. The van der Waals surface area contributed by atoms with Crippen molar-refractivity contribution >= 4 is 5.78 Å². The number of ketones is 1. The van der Waals surface area contributed by atoms with Gasteiger partial charge < -0.3 is 10.1 Å². The molecule has 4 nitrogen and oxygen atoms in total. The van der Waals surface area contributed by atoms with Crippen molar-refractivity contribution in [3.63, 3.8) is 0 Å². The first-order chi connectivity index (χ1) is 10.2. The normalized spacial score (nSPS) is 25.6. The third-order valence-electron chi connectivity index (χ3n) is 4.76. The maximum absolute atomic E-state index is 11.6. The number of carbonyl (C=O) groups is 1. The predicted molar refractivity (Wildman–Crippen MR) is 82.8 cm³/mol. The number of fused-ring (bicyclic) bond motifs is 1. The molecule has 2 saturated heterocycles. The molecule has 0 aliphatic carbocycles. The Bertz CT molecular complexity index is 516. The lowest BCUT2D eigenvalue weighted by atomic mass is 9.94. The zero-order valence-electron chi connectivity index (χ0n) is 12.9. The van der Waals surface area contributed by atoms with E-state index in [0.717, 1.165) is 49.0 Å². The summed E-state index contributed by atoms with van der Waals surface area (Å²) in [6.07, 6.45) is 2.62. The van der Waals surface area contributed by atoms with Crippen LogP contribution in [0.3, 0.4) is 0 Å². The van der Waals surface area contributed by atoms with E-state index in [0.29, 0.717) is 6.04 Å². The van der Waals surface area contributed by atoms with Gasteiger partial charge in [0, 0.05) is 36.8 Å². The molecule has 0 amide bonds. The predicted octanol–water partition coefficient (Wildman–Crippen LogP) is 2.08. The van der Waals surface area contributed by atoms with E-state index in [1.54, 1.807) is 14.0 Å². The van der Waals surface area contributed by atoms with E-state index in [1.807, 2.05) is 18.2 Å². The lowest BCUT2D eigenvalue weighted by Crippen LogP contribution is -2.40. The quantitative estimate of drug-likeness (QED) is 0.861. The average Bonchev–Trinajstić information content (AvgIpc) is 2.89. The van der Waals surface area contributed by atoms with Gasteiger partial charge in [-0.1, -0.05) is 0 Å². The van der Waals surface area contributed by atoms with Crippen LogP contribution < -0.4 is 10.1 Å². The van der Waals surface area contributed by atoms with Gasteiger partial charge in [-0.15, -0.1) is 0 Å². The highest BCUT2D eigenvalue weighted by Crippen LogP contribution is 2.28. The zero-order valence-corrected chi connectivity index (χ0v) is 12.9. The van der Waals surface area contributed by atoms with Crippen molar-refractivity contribution in [1.29, 1.82) is 0 Å². The number of Topliss-reactive ketones (excluding diaryl/α,β-unsaturated/α-hetero) is 1. The van der Waals surface area contributed by atoms with E-state index in [4.69, 9.17) is 4.74 Å². The highest BCUT2D eigenvalue weighted by atomic mass is 16.5. The molecule has 114 valence electrons. The first-order valence-corrected chi connectivity index (χ1v) is 7.81. The van der Waals surface area contributed by atoms with E-state index in [-0.39, 0.29) is 5.78 Å². The van der Waals surface area contributed by atoms with Gasteiger partial charge in [-0.25, -0.2) is 0 Å². The molecule has 0 aromatic heterocycles. The van der Waals surface area contributed by atoms with Gasteiger partial charge in [-0.2, -0.15) is 0 Å². The topological polar surface area (TPSA) is 41.6 Å². The molecule has 0 saturated carbocycles. The summed E-state index contributed by atoms with van der Waals surface area (Å²) in [6, 6.07) is 6.38. The molecule has 0 radical (unpaired) electrons. The second-order valence-corrected chi connectivity index (χ2v) is 6.24. The highest BCUT2D eigenvalue weighted by Gasteiger charge is 2.34. The van der Waals surface area contributed by atoms with E-state index >= 15 is 0 Å². The van der Waals surface area contributed by atoms with Crippen LogP contribution in [0, 0.1) is 5.92 Å². The van der Waals surface area contributed by atoms with Crippen LogP contribution in [0.15, 0.2) is 18.2 Å². The average molecular weight is 288 g/mol. The van der Waals surface area contributed by atoms with Crippen molar-refractivity contribution < 1.29 is 9.53 Å². The number of piperidine rings is 1. The third kappa shape index (κ3) is 3.11. The van der Waals surface area contributed by atoms with Crippen molar-refractivity contribution in [1.82, 2.24) is 10.2 Å². The van der Waals surface area contributed by atoms with E-state index < -0.39 is 0 Å². The summed E-state index contributed by atoms with van der Waals surface area (Å²) < 4.78 is 5.46. The van der Waals surface area contributed by atoms with E-state index in [2.05, 4.69) is 10.2 Å². The molecular formula is C17H24N2O2. The van der Waals surface area contributed by atoms with Gasteiger partial charge in [0.1, 0.15) is 5.75 Å². The van der Waals surface area contributed by atoms with Crippen LogP contribution in [0.5, 0.6) is 5.75 Å². The lowest BCUT2D eigenvalue weighted by Gasteiger charge is -2.24. The number of benzene rings is 1. The van der Waals surface area contributed by atoms with E-state index in [9.17, 15) is 4.79 Å². The van der Waals surface area contributed by atoms with Crippen LogP contribution in [-0.4, -0.2) is 43.5 Å². The number of methoxy groups -OCH3 is 1. The Labute approximate surface area is 126 Å². The van der Waals surface area contributed by atoms with Crippen LogP contribution in [0.4, 0.5) is 0 Å².